The highest BCUT2D eigenvalue weighted by Crippen LogP contribution is 1.87. The van der Waals surface area contributed by atoms with Crippen LogP contribution in [0.3, 0.4) is 0 Å². The molecule has 0 spiro atoms. The number of hydrogen-bond acceptors (Lipinski definition) is 5. The number of nitroso groups, excluding NO2 is 2. The lowest BCUT2D eigenvalue weighted by Crippen LogP contribution is -2.37. The summed E-state index contributed by atoms with van der Waals surface area (Å²) in [6.45, 7) is -0.395. The highest BCUT2D eigenvalue weighted by molar-refractivity contribution is 5.71. The summed E-state index contributed by atoms with van der Waals surface area (Å²) in [5.74, 6) is 0. The third-order valence-corrected chi connectivity index (χ3v) is 1.00. The molecule has 2 amide bonds. The van der Waals surface area contributed by atoms with Gasteiger partial charge < -0.3 is 5.73 Å². The van der Waals surface area contributed by atoms with E-state index in [9.17, 15) is 14.6 Å². The molecule has 0 aromatic rings. The van der Waals surface area contributed by atoms with Crippen LogP contribution in [0.2, 0.25) is 0 Å². The molecule has 0 aromatic carbocycles. The Labute approximate surface area is 62.5 Å². The number of rotatable bonds is 5. The van der Waals surface area contributed by atoms with E-state index in [4.69, 9.17) is 5.73 Å². The molecule has 0 bridgehead atoms. The van der Waals surface area contributed by atoms with Gasteiger partial charge in [0.15, 0.2) is 6.67 Å². The average molecular weight is 160 g/mol. The van der Waals surface area contributed by atoms with Crippen molar-refractivity contribution in [1.82, 2.24) is 4.90 Å². The van der Waals surface area contributed by atoms with Gasteiger partial charge in [0.1, 0.15) is 0 Å². The summed E-state index contributed by atoms with van der Waals surface area (Å²) in [5, 5.41) is 4.94. The summed E-state index contributed by atoms with van der Waals surface area (Å²) in [7, 11) is 0. The van der Waals surface area contributed by atoms with Gasteiger partial charge in [-0.3, -0.25) is 4.90 Å². The Morgan fingerprint density at radius 1 is 1.36 bits per heavy atom. The summed E-state index contributed by atoms with van der Waals surface area (Å²) in [4.78, 5) is 30.6. The number of primary amides is 1. The Morgan fingerprint density at radius 2 is 2.00 bits per heavy atom. The van der Waals surface area contributed by atoms with Gasteiger partial charge in [-0.05, 0) is 5.18 Å². The molecular weight excluding hydrogens is 152 g/mol. The molecule has 62 valence electrons. The van der Waals surface area contributed by atoms with E-state index in [1.807, 2.05) is 0 Å². The first kappa shape index (κ1) is 9.47. The summed E-state index contributed by atoms with van der Waals surface area (Å²) >= 11 is 0. The van der Waals surface area contributed by atoms with Gasteiger partial charge >= 0.3 is 6.03 Å². The molecule has 0 atom stereocenters. The first-order valence-electron chi connectivity index (χ1n) is 2.85. The van der Waals surface area contributed by atoms with E-state index in [0.717, 1.165) is 4.90 Å². The fourth-order valence-electron chi connectivity index (χ4n) is 0.482. The maximum Gasteiger partial charge on any atom is 0.316 e. The van der Waals surface area contributed by atoms with Crippen LogP contribution in [-0.2, 0) is 0 Å². The molecule has 0 aliphatic heterocycles. The van der Waals surface area contributed by atoms with Gasteiger partial charge in [-0.1, -0.05) is 5.18 Å². The zero-order valence-electron chi connectivity index (χ0n) is 5.77. The van der Waals surface area contributed by atoms with E-state index in [0.29, 0.717) is 0 Å². The van der Waals surface area contributed by atoms with Gasteiger partial charge in [-0.2, -0.15) is 4.91 Å². The highest BCUT2D eigenvalue weighted by atomic mass is 16.3. The number of carbonyl (C=O) groups is 1. The largest absolute Gasteiger partial charge is 0.351 e. The van der Waals surface area contributed by atoms with Crippen molar-refractivity contribution in [2.45, 2.75) is 0 Å². The van der Waals surface area contributed by atoms with Crippen molar-refractivity contribution in [2.75, 3.05) is 19.8 Å². The first-order chi connectivity index (χ1) is 5.22. The summed E-state index contributed by atoms with van der Waals surface area (Å²) in [5.41, 5.74) is 4.81. The van der Waals surface area contributed by atoms with Gasteiger partial charge in [0.05, 0.1) is 6.54 Å². The van der Waals surface area contributed by atoms with Crippen LogP contribution in [0.4, 0.5) is 4.79 Å². The first-order valence-corrected chi connectivity index (χ1v) is 2.85. The molecule has 0 heterocycles. The standard InChI is InChI=1S/C4H8N4O3/c5-4(9)8(3-7-11)2-1-6-10/h1-3H2,(H2,5,9). The van der Waals surface area contributed by atoms with E-state index in [-0.39, 0.29) is 19.8 Å². The van der Waals surface area contributed by atoms with Crippen molar-refractivity contribution in [3.63, 3.8) is 0 Å². The summed E-state index contributed by atoms with van der Waals surface area (Å²) in [6.07, 6.45) is 0. The second kappa shape index (κ2) is 5.27. The third-order valence-electron chi connectivity index (χ3n) is 1.00. The van der Waals surface area contributed by atoms with E-state index in [1.165, 1.54) is 0 Å². The van der Waals surface area contributed by atoms with E-state index in [1.54, 1.807) is 0 Å². The Hall–Kier alpha value is -1.53. The third kappa shape index (κ3) is 3.95. The molecule has 0 saturated carbocycles. The normalized spacial score (nSPS) is 8.73. The van der Waals surface area contributed by atoms with Gasteiger partial charge in [0.25, 0.3) is 0 Å². The number of hydrogen-bond donors (Lipinski definition) is 1. The molecule has 0 radical (unpaired) electrons. The van der Waals surface area contributed by atoms with Crippen molar-refractivity contribution < 1.29 is 4.79 Å². The molecule has 0 aromatic heterocycles. The second-order valence-electron chi connectivity index (χ2n) is 1.72. The zero-order valence-corrected chi connectivity index (χ0v) is 5.77. The Morgan fingerprint density at radius 3 is 2.36 bits per heavy atom. The van der Waals surface area contributed by atoms with Crippen LogP contribution in [-0.4, -0.2) is 30.7 Å². The number of nitrogens with zero attached hydrogens (tertiary/aromatic N) is 3. The van der Waals surface area contributed by atoms with Crippen LogP contribution >= 0.6 is 0 Å². The monoisotopic (exact) mass is 160 g/mol. The topological polar surface area (TPSA) is 105 Å². The minimum absolute atomic E-state index is 0.0323. The molecule has 11 heavy (non-hydrogen) atoms. The van der Waals surface area contributed by atoms with Crippen molar-refractivity contribution in [1.29, 1.82) is 0 Å². The van der Waals surface area contributed by atoms with Crippen LogP contribution in [0.15, 0.2) is 10.4 Å². The lowest BCUT2D eigenvalue weighted by molar-refractivity contribution is 0.210. The second-order valence-corrected chi connectivity index (χ2v) is 1.72. The molecule has 7 nitrogen and oxygen atoms in total. The van der Waals surface area contributed by atoms with Crippen molar-refractivity contribution >= 4 is 6.03 Å². The fraction of sp³-hybridized carbons (Fsp3) is 0.750. The maximum atomic E-state index is 10.4. The molecule has 0 rings (SSSR count). The number of urea groups is 1. The molecule has 0 fully saturated rings. The van der Waals surface area contributed by atoms with Crippen molar-refractivity contribution in [3.8, 4) is 0 Å². The van der Waals surface area contributed by atoms with Crippen LogP contribution < -0.4 is 5.73 Å². The quantitative estimate of drug-likeness (QED) is 0.565. The number of amides is 2. The Kier molecular flexibility index (Phi) is 4.54. The minimum atomic E-state index is -0.784. The molecular formula is C4H8N4O3. The number of nitrogens with two attached hydrogens (primary N) is 1. The van der Waals surface area contributed by atoms with Gasteiger partial charge in [0.2, 0.25) is 0 Å². The predicted octanol–water partition coefficient (Wildman–Crippen LogP) is -0.143. The highest BCUT2D eigenvalue weighted by Gasteiger charge is 2.07. The van der Waals surface area contributed by atoms with Gasteiger partial charge in [-0.25, -0.2) is 4.79 Å². The van der Waals surface area contributed by atoms with E-state index < -0.39 is 6.03 Å². The minimum Gasteiger partial charge on any atom is -0.351 e. The molecule has 0 saturated heterocycles. The fourth-order valence-corrected chi connectivity index (χ4v) is 0.482. The van der Waals surface area contributed by atoms with Crippen molar-refractivity contribution in [2.24, 2.45) is 16.1 Å². The molecule has 0 aliphatic carbocycles. The lowest BCUT2D eigenvalue weighted by Gasteiger charge is -2.13. The maximum absolute atomic E-state index is 10.4. The molecule has 2 N–H and O–H groups in total. The SMILES string of the molecule is NC(=O)N(CCN=O)CN=O. The Balaban J connectivity index is 3.77. The van der Waals surface area contributed by atoms with Crippen molar-refractivity contribution in [3.05, 3.63) is 9.81 Å². The lowest BCUT2D eigenvalue weighted by atomic mass is 10.6. The smallest absolute Gasteiger partial charge is 0.316 e. The average Bonchev–Trinajstić information content (AvgIpc) is 1.97. The van der Waals surface area contributed by atoms with E-state index >= 15 is 0 Å². The van der Waals surface area contributed by atoms with Crippen LogP contribution in [0.1, 0.15) is 0 Å². The number of carbonyl (C=O) groups excluding carboxylic acids is 1. The summed E-state index contributed by atoms with van der Waals surface area (Å²) < 4.78 is 0. The van der Waals surface area contributed by atoms with Gasteiger partial charge in [-0.15, -0.1) is 4.91 Å². The predicted molar refractivity (Wildman–Crippen MR) is 37.6 cm³/mol. The molecule has 0 aliphatic rings. The van der Waals surface area contributed by atoms with Crippen LogP contribution in [0.25, 0.3) is 0 Å². The van der Waals surface area contributed by atoms with Crippen LogP contribution in [0.5, 0.6) is 0 Å². The Bertz CT molecular complexity index is 159. The molecule has 0 unspecified atom stereocenters. The summed E-state index contributed by atoms with van der Waals surface area (Å²) in [6, 6.07) is -0.784. The zero-order chi connectivity index (χ0) is 8.69. The molecule has 7 heteroatoms. The van der Waals surface area contributed by atoms with Gasteiger partial charge in [0, 0.05) is 6.54 Å². The van der Waals surface area contributed by atoms with Crippen LogP contribution in [0, 0.1) is 9.81 Å². The van der Waals surface area contributed by atoms with E-state index in [2.05, 4.69) is 10.4 Å².